The lowest BCUT2D eigenvalue weighted by molar-refractivity contribution is -0.140. The first kappa shape index (κ1) is 23.0. The fraction of sp³-hybridized carbons (Fsp3) is 0.409. The van der Waals surface area contributed by atoms with Crippen LogP contribution in [0.25, 0.3) is 0 Å². The molecule has 1 atom stereocenters. The Kier molecular flexibility index (Phi) is 8.73. The first-order valence-electron chi connectivity index (χ1n) is 9.58. The standard InChI is InChI=1S/C22H27ClFNO4/c1-4-28-20-11-16(12-25-19(22(26)27)9-14(2)3)10-18(23)21(20)29-13-15-5-7-17(24)8-6-15/h5-8,10-11,14,19,25H,4,9,12-13H2,1-3H3,(H,26,27). The second kappa shape index (κ2) is 11.0. The van der Waals surface area contributed by atoms with Crippen molar-refractivity contribution >= 4 is 17.6 Å². The molecule has 0 radical (unpaired) electrons. The highest BCUT2D eigenvalue weighted by molar-refractivity contribution is 6.32. The van der Waals surface area contributed by atoms with Crippen LogP contribution in [0, 0.1) is 11.7 Å². The average molecular weight is 424 g/mol. The van der Waals surface area contributed by atoms with Gasteiger partial charge in [-0.3, -0.25) is 4.79 Å². The molecule has 0 heterocycles. The fourth-order valence-electron chi connectivity index (χ4n) is 2.85. The summed E-state index contributed by atoms with van der Waals surface area (Å²) in [7, 11) is 0. The van der Waals surface area contributed by atoms with Crippen molar-refractivity contribution < 1.29 is 23.8 Å². The van der Waals surface area contributed by atoms with Crippen LogP contribution in [0.2, 0.25) is 5.02 Å². The maximum atomic E-state index is 13.0. The molecule has 0 saturated heterocycles. The number of aliphatic carboxylic acids is 1. The predicted molar refractivity (Wildman–Crippen MR) is 111 cm³/mol. The molecule has 1 unspecified atom stereocenters. The smallest absolute Gasteiger partial charge is 0.320 e. The third kappa shape index (κ3) is 7.22. The van der Waals surface area contributed by atoms with Crippen LogP contribution in [-0.2, 0) is 17.9 Å². The molecule has 0 aromatic heterocycles. The van der Waals surface area contributed by atoms with Gasteiger partial charge in [-0.15, -0.1) is 0 Å². The van der Waals surface area contributed by atoms with Crippen LogP contribution in [0.5, 0.6) is 11.5 Å². The van der Waals surface area contributed by atoms with Crippen molar-refractivity contribution in [2.45, 2.75) is 46.4 Å². The molecular weight excluding hydrogens is 397 g/mol. The topological polar surface area (TPSA) is 67.8 Å². The zero-order chi connectivity index (χ0) is 21.4. The van der Waals surface area contributed by atoms with Gasteiger partial charge in [-0.1, -0.05) is 37.6 Å². The molecule has 2 aromatic carbocycles. The molecule has 0 aliphatic rings. The molecule has 2 N–H and O–H groups in total. The van der Waals surface area contributed by atoms with Crippen molar-refractivity contribution in [1.29, 1.82) is 0 Å². The number of halogens is 2. The molecule has 0 spiro atoms. The van der Waals surface area contributed by atoms with Crippen molar-refractivity contribution in [2.75, 3.05) is 6.61 Å². The highest BCUT2D eigenvalue weighted by Crippen LogP contribution is 2.37. The Hall–Kier alpha value is -2.31. The lowest BCUT2D eigenvalue weighted by Crippen LogP contribution is -2.37. The van der Waals surface area contributed by atoms with Gasteiger partial charge in [0.25, 0.3) is 0 Å². The summed E-state index contributed by atoms with van der Waals surface area (Å²) in [5.41, 5.74) is 1.59. The van der Waals surface area contributed by atoms with Crippen LogP contribution < -0.4 is 14.8 Å². The van der Waals surface area contributed by atoms with Crippen molar-refractivity contribution in [3.05, 3.63) is 58.4 Å². The van der Waals surface area contributed by atoms with E-state index in [1.165, 1.54) is 12.1 Å². The highest BCUT2D eigenvalue weighted by atomic mass is 35.5. The number of ether oxygens (including phenoxy) is 2. The molecule has 158 valence electrons. The average Bonchev–Trinajstić information content (AvgIpc) is 2.65. The van der Waals surface area contributed by atoms with Crippen molar-refractivity contribution in [2.24, 2.45) is 5.92 Å². The summed E-state index contributed by atoms with van der Waals surface area (Å²) in [6, 6.07) is 8.90. The molecule has 0 aliphatic carbocycles. The second-order valence-electron chi connectivity index (χ2n) is 7.15. The monoisotopic (exact) mass is 423 g/mol. The number of carbonyl (C=O) groups is 1. The van der Waals surface area contributed by atoms with Crippen LogP contribution >= 0.6 is 11.6 Å². The summed E-state index contributed by atoms with van der Waals surface area (Å²) in [6.07, 6.45) is 0.528. The van der Waals surface area contributed by atoms with Gasteiger partial charge < -0.3 is 19.9 Å². The minimum Gasteiger partial charge on any atom is -0.490 e. The molecule has 2 rings (SSSR count). The Morgan fingerprint density at radius 3 is 2.45 bits per heavy atom. The van der Waals surface area contributed by atoms with Gasteiger partial charge in [0.15, 0.2) is 11.5 Å². The van der Waals surface area contributed by atoms with Crippen LogP contribution in [-0.4, -0.2) is 23.7 Å². The van der Waals surface area contributed by atoms with Crippen LogP contribution in [0.15, 0.2) is 36.4 Å². The SMILES string of the molecule is CCOc1cc(CNC(CC(C)C)C(=O)O)cc(Cl)c1OCc1ccc(F)cc1. The fourth-order valence-corrected chi connectivity index (χ4v) is 3.13. The van der Waals surface area contributed by atoms with E-state index in [-0.39, 0.29) is 18.3 Å². The van der Waals surface area contributed by atoms with Crippen LogP contribution in [0.4, 0.5) is 4.39 Å². The zero-order valence-electron chi connectivity index (χ0n) is 16.9. The molecule has 0 amide bonds. The minimum atomic E-state index is -0.880. The van der Waals surface area contributed by atoms with E-state index in [4.69, 9.17) is 21.1 Å². The predicted octanol–water partition coefficient (Wildman–Crippen LogP) is 5.05. The van der Waals surface area contributed by atoms with Crippen molar-refractivity contribution in [3.63, 3.8) is 0 Å². The molecule has 0 bridgehead atoms. The van der Waals surface area contributed by atoms with E-state index in [0.29, 0.717) is 36.1 Å². The van der Waals surface area contributed by atoms with Gasteiger partial charge >= 0.3 is 5.97 Å². The lowest BCUT2D eigenvalue weighted by Gasteiger charge is -2.18. The van der Waals surface area contributed by atoms with E-state index >= 15 is 0 Å². The summed E-state index contributed by atoms with van der Waals surface area (Å²) in [4.78, 5) is 11.4. The Morgan fingerprint density at radius 1 is 1.17 bits per heavy atom. The van der Waals surface area contributed by atoms with E-state index in [0.717, 1.165) is 11.1 Å². The van der Waals surface area contributed by atoms with Crippen LogP contribution in [0.3, 0.4) is 0 Å². The summed E-state index contributed by atoms with van der Waals surface area (Å²) in [6.45, 7) is 6.79. The van der Waals surface area contributed by atoms with Gasteiger partial charge in [0.2, 0.25) is 0 Å². The number of hydrogen-bond acceptors (Lipinski definition) is 4. The van der Waals surface area contributed by atoms with Gasteiger partial charge in [-0.05, 0) is 54.7 Å². The van der Waals surface area contributed by atoms with E-state index < -0.39 is 12.0 Å². The van der Waals surface area contributed by atoms with Gasteiger partial charge in [-0.2, -0.15) is 0 Å². The number of hydrogen-bond donors (Lipinski definition) is 2. The van der Waals surface area contributed by atoms with Gasteiger partial charge in [0, 0.05) is 6.54 Å². The number of benzene rings is 2. The van der Waals surface area contributed by atoms with Crippen molar-refractivity contribution in [3.8, 4) is 11.5 Å². The van der Waals surface area contributed by atoms with E-state index in [2.05, 4.69) is 5.32 Å². The third-order valence-corrected chi connectivity index (χ3v) is 4.50. The Morgan fingerprint density at radius 2 is 1.86 bits per heavy atom. The molecule has 0 fully saturated rings. The quantitative estimate of drug-likeness (QED) is 0.529. The normalized spacial score (nSPS) is 12.1. The van der Waals surface area contributed by atoms with Crippen molar-refractivity contribution in [1.82, 2.24) is 5.32 Å². The number of carboxylic acids is 1. The molecule has 0 aliphatic heterocycles. The molecule has 7 heteroatoms. The van der Waals surface area contributed by atoms with E-state index in [1.807, 2.05) is 20.8 Å². The molecular formula is C22H27ClFNO4. The third-order valence-electron chi connectivity index (χ3n) is 4.22. The number of nitrogens with one attached hydrogen (secondary N) is 1. The number of rotatable bonds is 11. The maximum absolute atomic E-state index is 13.0. The Bertz CT molecular complexity index is 811. The molecule has 2 aromatic rings. The van der Waals surface area contributed by atoms with Gasteiger partial charge in [0.1, 0.15) is 18.5 Å². The Labute approximate surface area is 175 Å². The highest BCUT2D eigenvalue weighted by Gasteiger charge is 2.19. The lowest BCUT2D eigenvalue weighted by atomic mass is 10.0. The maximum Gasteiger partial charge on any atom is 0.320 e. The molecule has 5 nitrogen and oxygen atoms in total. The zero-order valence-corrected chi connectivity index (χ0v) is 17.6. The van der Waals surface area contributed by atoms with E-state index in [9.17, 15) is 14.3 Å². The second-order valence-corrected chi connectivity index (χ2v) is 7.56. The number of carboxylic acid groups (broad SMARTS) is 1. The first-order chi connectivity index (χ1) is 13.8. The summed E-state index contributed by atoms with van der Waals surface area (Å²) in [5.74, 6) is -0.0496. The van der Waals surface area contributed by atoms with Gasteiger partial charge in [0.05, 0.1) is 11.6 Å². The summed E-state index contributed by atoms with van der Waals surface area (Å²) in [5, 5.41) is 12.8. The molecule has 29 heavy (non-hydrogen) atoms. The van der Waals surface area contributed by atoms with Gasteiger partial charge in [-0.25, -0.2) is 4.39 Å². The first-order valence-corrected chi connectivity index (χ1v) is 9.96. The largest absolute Gasteiger partial charge is 0.490 e. The summed E-state index contributed by atoms with van der Waals surface area (Å²) >= 11 is 6.41. The summed E-state index contributed by atoms with van der Waals surface area (Å²) < 4.78 is 24.5. The molecule has 0 saturated carbocycles. The van der Waals surface area contributed by atoms with E-state index in [1.54, 1.807) is 24.3 Å². The minimum absolute atomic E-state index is 0.215. The Balaban J connectivity index is 2.13. The van der Waals surface area contributed by atoms with Crippen LogP contribution in [0.1, 0.15) is 38.3 Å².